The van der Waals surface area contributed by atoms with E-state index in [0.717, 1.165) is 16.2 Å². The second kappa shape index (κ2) is 4.65. The Balaban J connectivity index is 2.26. The van der Waals surface area contributed by atoms with E-state index >= 15 is 0 Å². The highest BCUT2D eigenvalue weighted by molar-refractivity contribution is 6.06. The zero-order valence-corrected chi connectivity index (χ0v) is 10.5. The van der Waals surface area contributed by atoms with E-state index in [4.69, 9.17) is 4.74 Å². The third-order valence-corrected chi connectivity index (χ3v) is 2.96. The van der Waals surface area contributed by atoms with Crippen LogP contribution in [-0.4, -0.2) is 22.8 Å². The number of ether oxygens (including phenoxy) is 1. The van der Waals surface area contributed by atoms with Crippen LogP contribution in [-0.2, 0) is 4.74 Å². The maximum atomic E-state index is 11.8. The Kier molecular flexibility index (Phi) is 2.83. The van der Waals surface area contributed by atoms with E-state index in [1.165, 1.54) is 0 Å². The SMILES string of the molecule is CCOC(=O)c1nnc2cc3cccccc3cc12. The fourth-order valence-corrected chi connectivity index (χ4v) is 2.07. The van der Waals surface area contributed by atoms with Gasteiger partial charge >= 0.3 is 5.97 Å². The normalized spacial score (nSPS) is 10.8. The van der Waals surface area contributed by atoms with Gasteiger partial charge in [-0.2, -0.15) is 0 Å². The topological polar surface area (TPSA) is 52.1 Å². The number of carbonyl (C=O) groups excluding carboxylic acids is 1. The summed E-state index contributed by atoms with van der Waals surface area (Å²) in [4.78, 5) is 11.8. The van der Waals surface area contributed by atoms with Gasteiger partial charge in [0.25, 0.3) is 0 Å². The number of benzene rings is 1. The molecule has 1 heterocycles. The van der Waals surface area contributed by atoms with Gasteiger partial charge in [0.2, 0.25) is 0 Å². The summed E-state index contributed by atoms with van der Waals surface area (Å²) in [7, 11) is 0. The molecule has 0 amide bonds. The second-order valence-electron chi connectivity index (χ2n) is 4.18. The molecule has 0 saturated carbocycles. The lowest BCUT2D eigenvalue weighted by Gasteiger charge is -1.98. The Morgan fingerprint density at radius 3 is 2.58 bits per heavy atom. The van der Waals surface area contributed by atoms with Crippen LogP contribution >= 0.6 is 0 Å². The maximum absolute atomic E-state index is 11.8. The van der Waals surface area contributed by atoms with E-state index in [0.29, 0.717) is 12.1 Å². The van der Waals surface area contributed by atoms with Crippen LogP contribution < -0.4 is 0 Å². The van der Waals surface area contributed by atoms with Crippen molar-refractivity contribution in [1.82, 2.24) is 10.2 Å². The Morgan fingerprint density at radius 2 is 1.84 bits per heavy atom. The number of esters is 1. The van der Waals surface area contributed by atoms with Crippen molar-refractivity contribution < 1.29 is 9.53 Å². The number of aromatic nitrogens is 2. The van der Waals surface area contributed by atoms with Gasteiger partial charge in [-0.25, -0.2) is 4.79 Å². The summed E-state index contributed by atoms with van der Waals surface area (Å²) in [5.74, 6) is -0.426. The molecule has 0 unspecified atom stereocenters. The van der Waals surface area contributed by atoms with Gasteiger partial charge < -0.3 is 4.74 Å². The Hall–Kier alpha value is -2.49. The third-order valence-electron chi connectivity index (χ3n) is 2.96. The van der Waals surface area contributed by atoms with Crippen molar-refractivity contribution in [2.24, 2.45) is 0 Å². The molecule has 0 radical (unpaired) electrons. The summed E-state index contributed by atoms with van der Waals surface area (Å²) in [6.07, 6.45) is 0. The molecule has 0 aliphatic rings. The van der Waals surface area contributed by atoms with Crippen molar-refractivity contribution in [3.63, 3.8) is 0 Å². The van der Waals surface area contributed by atoms with E-state index in [1.54, 1.807) is 6.92 Å². The predicted octanol–water partition coefficient (Wildman–Crippen LogP) is 2.96. The van der Waals surface area contributed by atoms with Gasteiger partial charge in [-0.15, -0.1) is 10.2 Å². The van der Waals surface area contributed by atoms with Gasteiger partial charge in [-0.05, 0) is 29.8 Å². The van der Waals surface area contributed by atoms with Crippen LogP contribution in [0, 0.1) is 0 Å². The molecule has 94 valence electrons. The molecule has 0 saturated heterocycles. The molecule has 0 bridgehead atoms. The van der Waals surface area contributed by atoms with E-state index in [1.807, 2.05) is 42.5 Å². The summed E-state index contributed by atoms with van der Waals surface area (Å²) in [5.41, 5.74) is 0.993. The fraction of sp³-hybridized carbons (Fsp3) is 0.133. The molecule has 0 aliphatic carbocycles. The monoisotopic (exact) mass is 252 g/mol. The molecule has 0 aliphatic heterocycles. The molecule has 4 heteroatoms. The van der Waals surface area contributed by atoms with E-state index in [9.17, 15) is 4.79 Å². The van der Waals surface area contributed by atoms with Gasteiger partial charge in [-0.1, -0.05) is 30.3 Å². The number of fused-ring (bicyclic) bond motifs is 2. The molecule has 0 fully saturated rings. The number of rotatable bonds is 2. The van der Waals surface area contributed by atoms with Crippen molar-refractivity contribution in [3.05, 3.63) is 48.2 Å². The third kappa shape index (κ3) is 2.01. The molecule has 0 spiro atoms. The average molecular weight is 252 g/mol. The Bertz CT molecular complexity index is 768. The molecule has 3 aromatic rings. The van der Waals surface area contributed by atoms with Crippen LogP contribution in [0.5, 0.6) is 0 Å². The molecular weight excluding hydrogens is 240 g/mol. The van der Waals surface area contributed by atoms with Gasteiger partial charge in [-0.3, -0.25) is 0 Å². The van der Waals surface area contributed by atoms with Crippen molar-refractivity contribution >= 4 is 27.6 Å². The predicted molar refractivity (Wildman–Crippen MR) is 73.0 cm³/mol. The summed E-state index contributed by atoms with van der Waals surface area (Å²) in [6.45, 7) is 2.10. The van der Waals surface area contributed by atoms with Crippen molar-refractivity contribution in [3.8, 4) is 0 Å². The minimum atomic E-state index is -0.426. The highest BCUT2D eigenvalue weighted by Gasteiger charge is 2.16. The summed E-state index contributed by atoms with van der Waals surface area (Å²) in [5, 5.41) is 10.8. The van der Waals surface area contributed by atoms with Gasteiger partial charge in [0.15, 0.2) is 5.69 Å². The number of hydrogen-bond acceptors (Lipinski definition) is 4. The maximum Gasteiger partial charge on any atom is 0.359 e. The largest absolute Gasteiger partial charge is 0.461 e. The summed E-state index contributed by atoms with van der Waals surface area (Å²) < 4.78 is 4.98. The lowest BCUT2D eigenvalue weighted by atomic mass is 10.1. The van der Waals surface area contributed by atoms with E-state index < -0.39 is 5.97 Å². The zero-order valence-electron chi connectivity index (χ0n) is 10.5. The second-order valence-corrected chi connectivity index (χ2v) is 4.18. The van der Waals surface area contributed by atoms with Gasteiger partial charge in [0, 0.05) is 5.39 Å². The first kappa shape index (κ1) is 11.6. The van der Waals surface area contributed by atoms with Crippen molar-refractivity contribution in [1.29, 1.82) is 0 Å². The zero-order chi connectivity index (χ0) is 13.2. The Labute approximate surface area is 110 Å². The standard InChI is InChI=1S/C15H12N2O2/c1-2-19-15(18)14-12-8-10-6-4-3-5-7-11(10)9-13(12)16-17-14/h3-9H,2H2,1H3. The van der Waals surface area contributed by atoms with Gasteiger partial charge in [0.05, 0.1) is 12.1 Å². The highest BCUT2D eigenvalue weighted by Crippen LogP contribution is 2.23. The minimum absolute atomic E-state index is 0.283. The van der Waals surface area contributed by atoms with Crippen LogP contribution in [0.15, 0.2) is 42.5 Å². The van der Waals surface area contributed by atoms with Crippen LogP contribution in [0.4, 0.5) is 0 Å². The molecule has 1 aromatic heterocycles. The van der Waals surface area contributed by atoms with Crippen molar-refractivity contribution in [2.75, 3.05) is 6.61 Å². The number of carbonyl (C=O) groups is 1. The fourth-order valence-electron chi connectivity index (χ4n) is 2.07. The Morgan fingerprint density at radius 1 is 1.11 bits per heavy atom. The van der Waals surface area contributed by atoms with Gasteiger partial charge in [0.1, 0.15) is 0 Å². The van der Waals surface area contributed by atoms with Crippen LogP contribution in [0.1, 0.15) is 17.4 Å². The molecule has 19 heavy (non-hydrogen) atoms. The smallest absolute Gasteiger partial charge is 0.359 e. The number of nitrogens with zero attached hydrogens (tertiary/aromatic N) is 2. The lowest BCUT2D eigenvalue weighted by Crippen LogP contribution is -2.05. The first-order valence-electron chi connectivity index (χ1n) is 6.12. The molecule has 3 rings (SSSR count). The molecule has 0 atom stereocenters. The molecule has 4 nitrogen and oxygen atoms in total. The first-order chi connectivity index (χ1) is 9.29. The van der Waals surface area contributed by atoms with Crippen molar-refractivity contribution in [2.45, 2.75) is 6.92 Å². The van der Waals surface area contributed by atoms with Crippen LogP contribution in [0.3, 0.4) is 0 Å². The summed E-state index contributed by atoms with van der Waals surface area (Å²) >= 11 is 0. The molecule has 0 N–H and O–H groups in total. The van der Waals surface area contributed by atoms with E-state index in [-0.39, 0.29) is 5.69 Å². The lowest BCUT2D eigenvalue weighted by molar-refractivity contribution is 0.0521. The van der Waals surface area contributed by atoms with Crippen LogP contribution in [0.25, 0.3) is 21.7 Å². The molecular formula is C15H12N2O2. The minimum Gasteiger partial charge on any atom is -0.461 e. The molecule has 2 aromatic carbocycles. The summed E-state index contributed by atoms with van der Waals surface area (Å²) in [6, 6.07) is 13.8. The highest BCUT2D eigenvalue weighted by atomic mass is 16.5. The number of hydrogen-bond donors (Lipinski definition) is 0. The quantitative estimate of drug-likeness (QED) is 0.658. The van der Waals surface area contributed by atoms with Crippen LogP contribution in [0.2, 0.25) is 0 Å². The van der Waals surface area contributed by atoms with E-state index in [2.05, 4.69) is 10.2 Å². The average Bonchev–Trinajstić information content (AvgIpc) is 2.66. The first-order valence-corrected chi connectivity index (χ1v) is 6.12.